The zero-order valence-corrected chi connectivity index (χ0v) is 6.55. The molecule has 0 aromatic carbocycles. The largest absolute Gasteiger partial charge is 0.349 e. The Morgan fingerprint density at radius 2 is 2.20 bits per heavy atom. The van der Waals surface area contributed by atoms with E-state index >= 15 is 0 Å². The molecule has 0 aromatic heterocycles. The van der Waals surface area contributed by atoms with Gasteiger partial charge in [0.25, 0.3) is 0 Å². The van der Waals surface area contributed by atoms with Crippen molar-refractivity contribution in [1.29, 1.82) is 0 Å². The maximum Gasteiger partial charge on any atom is 0.222 e. The molecular weight excluding hydrogens is 126 g/mol. The molecule has 0 heterocycles. The lowest BCUT2D eigenvalue weighted by Gasteiger charge is -2.08. The zero-order chi connectivity index (χ0) is 7.98. The molecule has 0 fully saturated rings. The number of hydrogen-bond acceptors (Lipinski definition) is 1. The van der Waals surface area contributed by atoms with Gasteiger partial charge in [0.15, 0.2) is 0 Å². The van der Waals surface area contributed by atoms with Gasteiger partial charge in [-0.15, -0.1) is 12.3 Å². The van der Waals surface area contributed by atoms with Crippen molar-refractivity contribution in [2.24, 2.45) is 0 Å². The molecule has 0 rings (SSSR count). The van der Waals surface area contributed by atoms with Crippen LogP contribution in [0.15, 0.2) is 0 Å². The Hall–Kier alpha value is -0.970. The highest BCUT2D eigenvalue weighted by atomic mass is 16.2. The minimum atomic E-state index is 0.148. The average molecular weight is 139 g/mol. The van der Waals surface area contributed by atoms with E-state index in [1.54, 1.807) is 19.0 Å². The number of amides is 1. The maximum atomic E-state index is 10.9. The van der Waals surface area contributed by atoms with Gasteiger partial charge in [0.1, 0.15) is 0 Å². The first kappa shape index (κ1) is 9.03. The number of hydrogen-bond donors (Lipinski definition) is 0. The Labute approximate surface area is 62.2 Å². The third-order valence-electron chi connectivity index (χ3n) is 1.21. The molecule has 2 heteroatoms. The minimum absolute atomic E-state index is 0.148. The van der Waals surface area contributed by atoms with Gasteiger partial charge in [-0.25, -0.2) is 0 Å². The van der Waals surface area contributed by atoms with Gasteiger partial charge in [-0.1, -0.05) is 0 Å². The van der Waals surface area contributed by atoms with Gasteiger partial charge < -0.3 is 4.90 Å². The lowest BCUT2D eigenvalue weighted by atomic mass is 10.2. The number of nitrogens with zero attached hydrogens (tertiary/aromatic N) is 1. The summed E-state index contributed by atoms with van der Waals surface area (Å²) in [5.41, 5.74) is 0. The fourth-order valence-electron chi connectivity index (χ4n) is 0.565. The van der Waals surface area contributed by atoms with Gasteiger partial charge in [-0.05, 0) is 6.42 Å². The van der Waals surface area contributed by atoms with E-state index in [0.29, 0.717) is 12.8 Å². The lowest BCUT2D eigenvalue weighted by Crippen LogP contribution is -2.20. The molecule has 0 saturated carbocycles. The summed E-state index contributed by atoms with van der Waals surface area (Å²) in [5.74, 6) is 2.64. The molecular formula is C8H13NO. The van der Waals surface area contributed by atoms with Crippen molar-refractivity contribution >= 4 is 5.91 Å². The standard InChI is InChI=1S/C8H13NO/c1-4-5-6-7-8(10)9(2)3/h1H,5-7H2,2-3H3. The topological polar surface area (TPSA) is 20.3 Å². The van der Waals surface area contributed by atoms with Crippen molar-refractivity contribution in [3.8, 4) is 12.3 Å². The summed E-state index contributed by atoms with van der Waals surface area (Å²) in [6.45, 7) is 0. The summed E-state index contributed by atoms with van der Waals surface area (Å²) in [7, 11) is 3.50. The molecule has 10 heavy (non-hydrogen) atoms. The van der Waals surface area contributed by atoms with Gasteiger partial charge in [-0.3, -0.25) is 4.79 Å². The highest BCUT2D eigenvalue weighted by Crippen LogP contribution is 1.95. The van der Waals surface area contributed by atoms with Gasteiger partial charge >= 0.3 is 0 Å². The van der Waals surface area contributed by atoms with E-state index in [4.69, 9.17) is 6.42 Å². The zero-order valence-electron chi connectivity index (χ0n) is 6.55. The lowest BCUT2D eigenvalue weighted by molar-refractivity contribution is -0.128. The van der Waals surface area contributed by atoms with Gasteiger partial charge in [0.05, 0.1) is 0 Å². The van der Waals surface area contributed by atoms with Crippen molar-refractivity contribution < 1.29 is 4.79 Å². The Morgan fingerprint density at radius 1 is 1.60 bits per heavy atom. The van der Waals surface area contributed by atoms with E-state index in [1.165, 1.54) is 0 Å². The van der Waals surface area contributed by atoms with Crippen molar-refractivity contribution in [1.82, 2.24) is 4.90 Å². The van der Waals surface area contributed by atoms with Crippen molar-refractivity contribution in [3.63, 3.8) is 0 Å². The van der Waals surface area contributed by atoms with Crippen LogP contribution < -0.4 is 0 Å². The van der Waals surface area contributed by atoms with Crippen LogP contribution in [0.2, 0.25) is 0 Å². The molecule has 0 aromatic rings. The summed E-state index contributed by atoms with van der Waals surface area (Å²) in [4.78, 5) is 12.5. The fraction of sp³-hybridized carbons (Fsp3) is 0.625. The monoisotopic (exact) mass is 139 g/mol. The van der Waals surface area contributed by atoms with Crippen LogP contribution in [-0.4, -0.2) is 24.9 Å². The van der Waals surface area contributed by atoms with Crippen LogP contribution in [0.3, 0.4) is 0 Å². The molecule has 0 aliphatic heterocycles. The van der Waals surface area contributed by atoms with Gasteiger partial charge in [0.2, 0.25) is 5.91 Å². The number of carbonyl (C=O) groups is 1. The Kier molecular flexibility index (Phi) is 4.39. The number of rotatable bonds is 3. The molecule has 0 N–H and O–H groups in total. The molecule has 2 nitrogen and oxygen atoms in total. The van der Waals surface area contributed by atoms with Crippen molar-refractivity contribution in [2.45, 2.75) is 19.3 Å². The molecule has 0 saturated heterocycles. The first-order valence-corrected chi connectivity index (χ1v) is 3.32. The van der Waals surface area contributed by atoms with Crippen molar-refractivity contribution in [2.75, 3.05) is 14.1 Å². The second-order valence-electron chi connectivity index (χ2n) is 2.35. The SMILES string of the molecule is C#CCCCC(=O)N(C)C. The summed E-state index contributed by atoms with van der Waals surface area (Å²) >= 11 is 0. The van der Waals surface area contributed by atoms with E-state index in [2.05, 4.69) is 5.92 Å². The van der Waals surface area contributed by atoms with E-state index in [9.17, 15) is 4.79 Å². The third kappa shape index (κ3) is 3.96. The van der Waals surface area contributed by atoms with Crippen LogP contribution in [0.1, 0.15) is 19.3 Å². The first-order valence-electron chi connectivity index (χ1n) is 3.32. The van der Waals surface area contributed by atoms with Crippen molar-refractivity contribution in [3.05, 3.63) is 0 Å². The van der Waals surface area contributed by atoms with Crippen LogP contribution in [0, 0.1) is 12.3 Å². The van der Waals surface area contributed by atoms with Crippen LogP contribution >= 0.6 is 0 Å². The Morgan fingerprint density at radius 3 is 2.60 bits per heavy atom. The van der Waals surface area contributed by atoms with Crippen LogP contribution in [-0.2, 0) is 4.79 Å². The smallest absolute Gasteiger partial charge is 0.222 e. The summed E-state index contributed by atoms with van der Waals surface area (Å²) in [6, 6.07) is 0. The second kappa shape index (κ2) is 4.87. The molecule has 0 bridgehead atoms. The summed E-state index contributed by atoms with van der Waals surface area (Å²) < 4.78 is 0. The average Bonchev–Trinajstić information content (AvgIpc) is 1.88. The number of carbonyl (C=O) groups excluding carboxylic acids is 1. The molecule has 1 amide bonds. The predicted octanol–water partition coefficient (Wildman–Crippen LogP) is 0.878. The van der Waals surface area contributed by atoms with E-state index in [1.807, 2.05) is 0 Å². The minimum Gasteiger partial charge on any atom is -0.349 e. The highest BCUT2D eigenvalue weighted by Gasteiger charge is 2.00. The molecule has 0 aliphatic rings. The third-order valence-corrected chi connectivity index (χ3v) is 1.21. The van der Waals surface area contributed by atoms with Crippen LogP contribution in [0.5, 0.6) is 0 Å². The van der Waals surface area contributed by atoms with Crippen LogP contribution in [0.4, 0.5) is 0 Å². The van der Waals surface area contributed by atoms with E-state index < -0.39 is 0 Å². The summed E-state index contributed by atoms with van der Waals surface area (Å²) in [5, 5.41) is 0. The van der Waals surface area contributed by atoms with E-state index in [-0.39, 0.29) is 5.91 Å². The number of unbranched alkanes of at least 4 members (excludes halogenated alkanes) is 1. The molecule has 0 spiro atoms. The molecule has 0 atom stereocenters. The Bertz CT molecular complexity index is 144. The van der Waals surface area contributed by atoms with E-state index in [0.717, 1.165) is 6.42 Å². The molecule has 0 aliphatic carbocycles. The maximum absolute atomic E-state index is 10.9. The molecule has 0 unspecified atom stereocenters. The molecule has 56 valence electrons. The van der Waals surface area contributed by atoms with Gasteiger partial charge in [-0.2, -0.15) is 0 Å². The number of terminal acetylenes is 1. The first-order chi connectivity index (χ1) is 4.68. The second-order valence-corrected chi connectivity index (χ2v) is 2.35. The fourth-order valence-corrected chi connectivity index (χ4v) is 0.565. The quantitative estimate of drug-likeness (QED) is 0.420. The Balaban J connectivity index is 3.33. The van der Waals surface area contributed by atoms with Crippen LogP contribution in [0.25, 0.3) is 0 Å². The molecule has 0 radical (unpaired) electrons. The predicted molar refractivity (Wildman–Crippen MR) is 41.4 cm³/mol. The van der Waals surface area contributed by atoms with Gasteiger partial charge in [0, 0.05) is 26.9 Å². The highest BCUT2D eigenvalue weighted by molar-refractivity contribution is 5.75. The normalized spacial score (nSPS) is 8.50. The summed E-state index contributed by atoms with van der Waals surface area (Å²) in [6.07, 6.45) is 7.08.